The maximum atomic E-state index is 4.29. The van der Waals surface area contributed by atoms with E-state index in [1.807, 2.05) is 0 Å². The highest BCUT2D eigenvalue weighted by Gasteiger charge is 2.86. The highest BCUT2D eigenvalue weighted by molar-refractivity contribution is 5.38. The van der Waals surface area contributed by atoms with Crippen LogP contribution in [-0.4, -0.2) is 12.1 Å². The first-order chi connectivity index (χ1) is 10.9. The highest BCUT2D eigenvalue weighted by Crippen LogP contribution is 2.92. The molecule has 0 heterocycles. The molecule has 2 bridgehead atoms. The Balaban J connectivity index is 1.56. The molecule has 1 spiro atoms. The van der Waals surface area contributed by atoms with Crippen LogP contribution in [0.1, 0.15) is 73.1 Å². The van der Waals surface area contributed by atoms with Gasteiger partial charge in [0.15, 0.2) is 0 Å². The first kappa shape index (κ1) is 16.2. The zero-order valence-electron chi connectivity index (χ0n) is 16.0. The fourth-order valence-corrected chi connectivity index (χ4v) is 8.39. The van der Waals surface area contributed by atoms with Gasteiger partial charge in [0.2, 0.25) is 0 Å². The van der Waals surface area contributed by atoms with Crippen LogP contribution >= 0.6 is 0 Å². The Morgan fingerprint density at radius 1 is 1.09 bits per heavy atom. The summed E-state index contributed by atoms with van der Waals surface area (Å²) in [5, 5.41) is 4.01. The predicted octanol–water partition coefficient (Wildman–Crippen LogP) is 5.42. The lowest BCUT2D eigenvalue weighted by Gasteiger charge is -2.79. The molecule has 4 aliphatic rings. The molecule has 4 fully saturated rings. The molecule has 0 radical (unpaired) electrons. The second kappa shape index (κ2) is 4.87. The number of fused-ring (bicyclic) bond motifs is 1. The van der Waals surface area contributed by atoms with E-state index in [1.165, 1.54) is 38.5 Å². The van der Waals surface area contributed by atoms with Crippen molar-refractivity contribution in [3.63, 3.8) is 0 Å². The van der Waals surface area contributed by atoms with E-state index in [-0.39, 0.29) is 0 Å². The summed E-state index contributed by atoms with van der Waals surface area (Å²) >= 11 is 0. The van der Waals surface area contributed by atoms with Crippen molar-refractivity contribution in [3.8, 4) is 0 Å². The molecule has 1 heteroatoms. The van der Waals surface area contributed by atoms with Crippen molar-refractivity contribution < 1.29 is 0 Å². The Morgan fingerprint density at radius 3 is 2.39 bits per heavy atom. The Labute approximate surface area is 143 Å². The first-order valence-corrected chi connectivity index (χ1v) is 10.3. The first-order valence-electron chi connectivity index (χ1n) is 10.3. The minimum Gasteiger partial charge on any atom is -0.311 e. The lowest BCUT2D eigenvalue weighted by Crippen LogP contribution is -2.74. The third-order valence-corrected chi connectivity index (χ3v) is 9.35. The van der Waals surface area contributed by atoms with Gasteiger partial charge in [0.25, 0.3) is 0 Å². The van der Waals surface area contributed by atoms with Gasteiger partial charge in [0.1, 0.15) is 0 Å². The lowest BCUT2D eigenvalue weighted by atomic mass is 9.24. The monoisotopic (exact) mass is 315 g/mol. The molecule has 0 aromatic heterocycles. The molecule has 0 amide bonds. The molecule has 130 valence electrons. The zero-order valence-corrected chi connectivity index (χ0v) is 16.0. The van der Waals surface area contributed by atoms with Gasteiger partial charge in [-0.2, -0.15) is 0 Å². The van der Waals surface area contributed by atoms with Gasteiger partial charge in [0, 0.05) is 12.1 Å². The van der Waals surface area contributed by atoms with Crippen LogP contribution in [0.15, 0.2) is 12.7 Å². The summed E-state index contributed by atoms with van der Waals surface area (Å²) in [5.74, 6) is 3.57. The van der Waals surface area contributed by atoms with Gasteiger partial charge >= 0.3 is 0 Å². The molecule has 23 heavy (non-hydrogen) atoms. The molecule has 0 aromatic rings. The second-order valence-corrected chi connectivity index (χ2v) is 10.1. The number of hydrogen-bond acceptors (Lipinski definition) is 1. The van der Waals surface area contributed by atoms with Crippen LogP contribution in [0.4, 0.5) is 0 Å². The lowest BCUT2D eigenvalue weighted by molar-refractivity contribution is -0.300. The minimum atomic E-state index is 0.537. The molecule has 4 rings (SSSR count). The molecule has 6 unspecified atom stereocenters. The standard InChI is InChI=1S/C22H37N/c1-7-19(14(3)4)23-16(6)15(5)21-10-17-9-20(8-2)12-18(13-21)22(20,21)11-17/h8,14-19,23H,2,7,9-13H2,1,3-6H3/t15-,16?,17?,18?,19+,20?,21?,22?/m1/s1. The minimum absolute atomic E-state index is 0.537. The number of rotatable bonds is 7. The summed E-state index contributed by atoms with van der Waals surface area (Å²) in [6.45, 7) is 16.4. The highest BCUT2D eigenvalue weighted by atomic mass is 15.0. The van der Waals surface area contributed by atoms with Crippen molar-refractivity contribution >= 4 is 0 Å². The number of hydrogen-bond donors (Lipinski definition) is 1. The van der Waals surface area contributed by atoms with Crippen molar-refractivity contribution in [1.82, 2.24) is 5.32 Å². The molecule has 4 saturated carbocycles. The van der Waals surface area contributed by atoms with E-state index in [1.54, 1.807) is 0 Å². The van der Waals surface area contributed by atoms with Crippen LogP contribution in [0, 0.1) is 39.9 Å². The Morgan fingerprint density at radius 2 is 1.83 bits per heavy atom. The smallest absolute Gasteiger partial charge is 0.00900 e. The summed E-state index contributed by atoms with van der Waals surface area (Å²) in [7, 11) is 0. The predicted molar refractivity (Wildman–Crippen MR) is 98.2 cm³/mol. The molecule has 0 saturated heterocycles. The van der Waals surface area contributed by atoms with E-state index in [2.05, 4.69) is 52.6 Å². The molecular weight excluding hydrogens is 278 g/mol. The number of nitrogens with one attached hydrogen (secondary N) is 1. The molecule has 4 aliphatic carbocycles. The van der Waals surface area contributed by atoms with Gasteiger partial charge in [0.05, 0.1) is 0 Å². The van der Waals surface area contributed by atoms with Gasteiger partial charge in [-0.15, -0.1) is 6.58 Å². The van der Waals surface area contributed by atoms with Crippen molar-refractivity contribution in [1.29, 1.82) is 0 Å². The average molecular weight is 316 g/mol. The van der Waals surface area contributed by atoms with Crippen LogP contribution in [0.3, 0.4) is 0 Å². The van der Waals surface area contributed by atoms with E-state index in [0.717, 1.165) is 23.7 Å². The van der Waals surface area contributed by atoms with E-state index in [4.69, 9.17) is 0 Å². The zero-order chi connectivity index (χ0) is 16.6. The summed E-state index contributed by atoms with van der Waals surface area (Å²) in [6.07, 6.45) is 11.1. The Kier molecular flexibility index (Phi) is 3.43. The molecular formula is C22H37N. The Bertz CT molecular complexity index is 510. The van der Waals surface area contributed by atoms with Crippen molar-refractivity contribution in [2.45, 2.75) is 85.2 Å². The van der Waals surface area contributed by atoms with Crippen molar-refractivity contribution in [3.05, 3.63) is 12.7 Å². The fraction of sp³-hybridized carbons (Fsp3) is 0.909. The maximum Gasteiger partial charge on any atom is 0.00900 e. The summed E-state index contributed by atoms with van der Waals surface area (Å²) < 4.78 is 0. The molecule has 0 aliphatic heterocycles. The SMILES string of the molecule is C=CC12CC3CC4([C@H](C)C(C)N[C@@H](CC)C(C)C)CC(C1)C24C3. The fourth-order valence-electron chi connectivity index (χ4n) is 8.39. The molecule has 8 atom stereocenters. The van der Waals surface area contributed by atoms with Gasteiger partial charge in [-0.1, -0.05) is 33.8 Å². The normalized spacial score (nSPS) is 50.0. The third kappa shape index (κ3) is 1.64. The van der Waals surface area contributed by atoms with Crippen molar-refractivity contribution in [2.75, 3.05) is 0 Å². The van der Waals surface area contributed by atoms with E-state index >= 15 is 0 Å². The van der Waals surface area contributed by atoms with Gasteiger partial charge < -0.3 is 5.32 Å². The van der Waals surface area contributed by atoms with Crippen LogP contribution in [0.25, 0.3) is 0 Å². The van der Waals surface area contributed by atoms with Crippen LogP contribution in [-0.2, 0) is 0 Å². The number of allylic oxidation sites excluding steroid dienone is 1. The summed E-state index contributed by atoms with van der Waals surface area (Å²) in [4.78, 5) is 0. The van der Waals surface area contributed by atoms with E-state index in [9.17, 15) is 0 Å². The Hall–Kier alpha value is -0.300. The summed E-state index contributed by atoms with van der Waals surface area (Å²) in [6, 6.07) is 1.31. The topological polar surface area (TPSA) is 12.0 Å². The van der Waals surface area contributed by atoms with Gasteiger partial charge in [-0.05, 0) is 85.4 Å². The van der Waals surface area contributed by atoms with E-state index in [0.29, 0.717) is 28.3 Å². The maximum absolute atomic E-state index is 4.29. The molecule has 0 aromatic carbocycles. The van der Waals surface area contributed by atoms with Crippen LogP contribution < -0.4 is 5.32 Å². The third-order valence-electron chi connectivity index (χ3n) is 9.35. The largest absolute Gasteiger partial charge is 0.311 e. The summed E-state index contributed by atoms with van der Waals surface area (Å²) in [5.41, 5.74) is 1.84. The second-order valence-electron chi connectivity index (χ2n) is 10.1. The molecule has 1 nitrogen and oxygen atoms in total. The van der Waals surface area contributed by atoms with Gasteiger partial charge in [-0.25, -0.2) is 0 Å². The van der Waals surface area contributed by atoms with Crippen LogP contribution in [0.5, 0.6) is 0 Å². The quantitative estimate of drug-likeness (QED) is 0.619. The molecule has 1 N–H and O–H groups in total. The average Bonchev–Trinajstić information content (AvgIpc) is 2.97. The van der Waals surface area contributed by atoms with Gasteiger partial charge in [-0.3, -0.25) is 0 Å². The van der Waals surface area contributed by atoms with Crippen molar-refractivity contribution in [2.24, 2.45) is 39.9 Å². The van der Waals surface area contributed by atoms with E-state index < -0.39 is 0 Å². The van der Waals surface area contributed by atoms with Crippen LogP contribution in [0.2, 0.25) is 0 Å².